The van der Waals surface area contributed by atoms with E-state index in [2.05, 4.69) is 52.2 Å². The zero-order valence-corrected chi connectivity index (χ0v) is 35.3. The number of ether oxygens (including phenoxy) is 1. The monoisotopic (exact) mass is 865 g/mol. The standard InChI is InChI=1S/C48H40ClN5O5S2/c1-58-53-39(38-31-61-47(50-38)52-48(35-23-11-4-12-24-35,36-25-13-5-14-26-36)37-27-15-6-16-28-37)43(55)51-40-44(56)54-41(34(22-17-29-49)30-60-45(40)54)46(57)59-42(32-18-7-2-8-19-32)33-20-9-3-10-21-33/h2-28,31,40,42,45H,29-30H2,1H3,(H,50,52)(H,51,55)/b22-17-,53-39+/t40?,45-/m1/s1. The van der Waals surface area contributed by atoms with Crippen LogP contribution in [-0.4, -0.2) is 63.5 Å². The summed E-state index contributed by atoms with van der Waals surface area (Å²) in [6.07, 6.45) is 2.73. The quantitative estimate of drug-likeness (QED) is 0.0263. The molecule has 2 aliphatic rings. The molecule has 0 saturated carbocycles. The predicted octanol–water partition coefficient (Wildman–Crippen LogP) is 8.68. The van der Waals surface area contributed by atoms with Gasteiger partial charge in [0, 0.05) is 17.0 Å². The first-order chi connectivity index (χ1) is 29.9. The molecule has 2 N–H and O–H groups in total. The normalized spacial score (nSPS) is 16.5. The van der Waals surface area contributed by atoms with Gasteiger partial charge >= 0.3 is 5.97 Å². The Labute approximate surface area is 367 Å². The highest BCUT2D eigenvalue weighted by Crippen LogP contribution is 2.43. The summed E-state index contributed by atoms with van der Waals surface area (Å²) in [5.41, 5.74) is 4.49. The summed E-state index contributed by atoms with van der Waals surface area (Å²) < 4.78 is 6.24. The van der Waals surface area contributed by atoms with E-state index in [1.807, 2.05) is 115 Å². The number of thioether (sulfide) groups is 1. The number of hydrogen-bond acceptors (Lipinski definition) is 10. The van der Waals surface area contributed by atoms with E-state index in [4.69, 9.17) is 26.2 Å². The highest BCUT2D eigenvalue weighted by atomic mass is 35.5. The minimum atomic E-state index is -0.974. The van der Waals surface area contributed by atoms with Gasteiger partial charge in [0.15, 0.2) is 16.9 Å². The van der Waals surface area contributed by atoms with Crippen molar-refractivity contribution in [2.24, 2.45) is 5.16 Å². The molecule has 2 amide bonds. The fourth-order valence-corrected chi connectivity index (χ4v) is 9.74. The van der Waals surface area contributed by atoms with Crippen LogP contribution in [0.1, 0.15) is 39.6 Å². The third kappa shape index (κ3) is 8.47. The van der Waals surface area contributed by atoms with Crippen LogP contribution in [-0.2, 0) is 29.5 Å². The van der Waals surface area contributed by atoms with Crippen LogP contribution in [0.3, 0.4) is 0 Å². The molecule has 306 valence electrons. The van der Waals surface area contributed by atoms with Crippen molar-refractivity contribution >= 4 is 63.3 Å². The van der Waals surface area contributed by atoms with Gasteiger partial charge in [0.1, 0.15) is 35.5 Å². The van der Waals surface area contributed by atoms with Crippen molar-refractivity contribution in [3.8, 4) is 0 Å². The molecule has 6 aromatic rings. The Morgan fingerprint density at radius 3 is 1.89 bits per heavy atom. The average Bonchev–Trinajstić information content (AvgIpc) is 3.79. The summed E-state index contributed by atoms with van der Waals surface area (Å²) in [6, 6.07) is 48.2. The number of nitrogens with zero attached hydrogens (tertiary/aromatic N) is 3. The minimum Gasteiger partial charge on any atom is -0.448 e. The minimum absolute atomic E-state index is 0.109. The predicted molar refractivity (Wildman–Crippen MR) is 241 cm³/mol. The lowest BCUT2D eigenvalue weighted by Gasteiger charge is -2.49. The molecule has 0 spiro atoms. The van der Waals surface area contributed by atoms with E-state index in [1.165, 1.54) is 35.1 Å². The van der Waals surface area contributed by atoms with Gasteiger partial charge in [-0.25, -0.2) is 9.78 Å². The van der Waals surface area contributed by atoms with Crippen LogP contribution < -0.4 is 10.6 Å². The van der Waals surface area contributed by atoms with Crippen molar-refractivity contribution in [1.29, 1.82) is 0 Å². The van der Waals surface area contributed by atoms with Crippen molar-refractivity contribution in [3.63, 3.8) is 0 Å². The SMILES string of the molecule is CO/N=C(/C(=O)NC1C(=O)N2C(C(=O)OC(c3ccccc3)c3ccccc3)=C(/C=C\CCl)CS[C@H]12)c1csc(NC(c2ccccc2)(c2ccccc2)c2ccccc2)n1. The number of allylic oxidation sites excluding steroid dienone is 2. The van der Waals surface area contributed by atoms with Crippen LogP contribution in [0.15, 0.2) is 186 Å². The maximum Gasteiger partial charge on any atom is 0.356 e. The molecule has 1 aromatic heterocycles. The fourth-order valence-electron chi connectivity index (χ4n) is 7.58. The molecule has 13 heteroatoms. The number of carbonyl (C=O) groups excluding carboxylic acids is 3. The van der Waals surface area contributed by atoms with Gasteiger partial charge in [0.2, 0.25) is 0 Å². The van der Waals surface area contributed by atoms with Crippen LogP contribution in [0.4, 0.5) is 5.13 Å². The van der Waals surface area contributed by atoms with Crippen molar-refractivity contribution in [3.05, 3.63) is 214 Å². The summed E-state index contributed by atoms with van der Waals surface area (Å²) in [6.45, 7) is 0. The van der Waals surface area contributed by atoms with Crippen LogP contribution >= 0.6 is 34.7 Å². The molecule has 1 saturated heterocycles. The summed E-state index contributed by atoms with van der Waals surface area (Å²) in [4.78, 5) is 53.9. The highest BCUT2D eigenvalue weighted by Gasteiger charge is 2.55. The topological polar surface area (TPSA) is 122 Å². The van der Waals surface area contributed by atoms with Gasteiger partial charge in [-0.15, -0.1) is 34.7 Å². The number of amides is 2. The Morgan fingerprint density at radius 2 is 1.38 bits per heavy atom. The molecule has 3 heterocycles. The summed E-state index contributed by atoms with van der Waals surface area (Å²) >= 11 is 8.74. The highest BCUT2D eigenvalue weighted by molar-refractivity contribution is 8.00. The molecule has 5 aromatic carbocycles. The number of hydrogen-bond donors (Lipinski definition) is 2. The van der Waals surface area contributed by atoms with Gasteiger partial charge in [0.05, 0.1) is 0 Å². The molecule has 2 atom stereocenters. The van der Waals surface area contributed by atoms with E-state index in [0.717, 1.165) is 27.8 Å². The third-order valence-electron chi connectivity index (χ3n) is 10.4. The van der Waals surface area contributed by atoms with Gasteiger partial charge in [0.25, 0.3) is 11.8 Å². The van der Waals surface area contributed by atoms with Gasteiger partial charge in [-0.2, -0.15) is 0 Å². The maximum atomic E-state index is 14.3. The van der Waals surface area contributed by atoms with E-state index in [-0.39, 0.29) is 23.0 Å². The Kier molecular flexibility index (Phi) is 12.8. The number of halogens is 1. The van der Waals surface area contributed by atoms with Crippen molar-refractivity contribution in [2.75, 3.05) is 24.1 Å². The number of carbonyl (C=O) groups is 3. The molecule has 1 fully saturated rings. The lowest BCUT2D eigenvalue weighted by Crippen LogP contribution is -2.71. The first kappa shape index (κ1) is 41.3. The first-order valence-electron chi connectivity index (χ1n) is 19.5. The maximum absolute atomic E-state index is 14.3. The summed E-state index contributed by atoms with van der Waals surface area (Å²) in [5, 5.41) is 12.3. The van der Waals surface area contributed by atoms with E-state index in [0.29, 0.717) is 16.5 Å². The number of esters is 1. The van der Waals surface area contributed by atoms with Crippen molar-refractivity contribution in [2.45, 2.75) is 23.1 Å². The average molecular weight is 866 g/mol. The van der Waals surface area contributed by atoms with Crippen LogP contribution in [0.25, 0.3) is 0 Å². The number of thiazole rings is 1. The number of alkyl halides is 1. The van der Waals surface area contributed by atoms with E-state index >= 15 is 0 Å². The number of β-lactam (4-membered cyclic amide) rings is 1. The van der Waals surface area contributed by atoms with Crippen LogP contribution in [0.2, 0.25) is 0 Å². The summed E-state index contributed by atoms with van der Waals surface area (Å²) in [5.74, 6) is -1.22. The number of fused-ring (bicyclic) bond motifs is 1. The molecule has 10 nitrogen and oxygen atoms in total. The van der Waals surface area contributed by atoms with Crippen molar-refractivity contribution in [1.82, 2.24) is 15.2 Å². The lowest BCUT2D eigenvalue weighted by atomic mass is 9.77. The third-order valence-corrected chi connectivity index (χ3v) is 12.6. The zero-order valence-electron chi connectivity index (χ0n) is 32.9. The molecule has 0 radical (unpaired) electrons. The smallest absolute Gasteiger partial charge is 0.356 e. The molecule has 1 unspecified atom stereocenters. The van der Waals surface area contributed by atoms with E-state index in [1.54, 1.807) is 17.5 Å². The molecule has 2 aliphatic heterocycles. The van der Waals surface area contributed by atoms with Gasteiger partial charge in [-0.3, -0.25) is 14.5 Å². The Bertz CT molecular complexity index is 2440. The number of rotatable bonds is 15. The van der Waals surface area contributed by atoms with Crippen molar-refractivity contribution < 1.29 is 24.0 Å². The Balaban J connectivity index is 1.05. The van der Waals surface area contributed by atoms with E-state index in [9.17, 15) is 14.4 Å². The Morgan fingerprint density at radius 1 is 0.852 bits per heavy atom. The molecule has 0 bridgehead atoms. The zero-order chi connectivity index (χ0) is 42.2. The number of oxime groups is 1. The van der Waals surface area contributed by atoms with Gasteiger partial charge < -0.3 is 20.2 Å². The molecular weight excluding hydrogens is 826 g/mol. The second-order valence-corrected chi connectivity index (χ2v) is 16.3. The molecular formula is C48H40ClN5O5S2. The number of anilines is 1. The largest absolute Gasteiger partial charge is 0.448 e. The fraction of sp³-hybridized carbons (Fsp3) is 0.146. The number of aromatic nitrogens is 1. The second-order valence-electron chi connectivity index (χ2n) is 14.0. The molecule has 61 heavy (non-hydrogen) atoms. The van der Waals surface area contributed by atoms with E-state index < -0.39 is 40.8 Å². The number of nitrogens with one attached hydrogen (secondary N) is 2. The lowest BCUT2D eigenvalue weighted by molar-refractivity contribution is -0.154. The summed E-state index contributed by atoms with van der Waals surface area (Å²) in [7, 11) is 1.34. The second kappa shape index (κ2) is 18.8. The van der Waals surface area contributed by atoms with Gasteiger partial charge in [-0.05, 0) is 33.4 Å². The first-order valence-corrected chi connectivity index (χ1v) is 21.9. The van der Waals surface area contributed by atoms with Crippen LogP contribution in [0.5, 0.6) is 0 Å². The van der Waals surface area contributed by atoms with Gasteiger partial charge in [-0.1, -0.05) is 169 Å². The number of benzene rings is 5. The molecule has 0 aliphatic carbocycles. The van der Waals surface area contributed by atoms with Crippen LogP contribution in [0, 0.1) is 0 Å². The molecule has 8 rings (SSSR count). The Hall–Kier alpha value is -6.47.